The van der Waals surface area contributed by atoms with Crippen LogP contribution in [0.2, 0.25) is 5.02 Å². The molecule has 3 aromatic carbocycles. The zero-order chi connectivity index (χ0) is 23.7. The van der Waals surface area contributed by atoms with Crippen molar-refractivity contribution in [2.24, 2.45) is 5.10 Å². The van der Waals surface area contributed by atoms with Crippen LogP contribution in [0, 0.1) is 0 Å². The number of fused-ring (bicyclic) bond motifs is 1. The maximum absolute atomic E-state index is 13.5. The van der Waals surface area contributed by atoms with Gasteiger partial charge >= 0.3 is 0 Å². The minimum absolute atomic E-state index is 0.164. The van der Waals surface area contributed by atoms with E-state index < -0.39 is 0 Å². The second kappa shape index (κ2) is 9.62. The predicted octanol–water partition coefficient (Wildman–Crippen LogP) is 6.59. The number of amides is 1. The second-order valence-electron chi connectivity index (χ2n) is 7.91. The molecule has 5 rings (SSSR count). The monoisotopic (exact) mass is 504 g/mol. The Bertz CT molecular complexity index is 1380. The van der Waals surface area contributed by atoms with E-state index in [1.807, 2.05) is 97.9 Å². The van der Waals surface area contributed by atoms with Gasteiger partial charge in [0.1, 0.15) is 0 Å². The maximum Gasteiger partial charge on any atom is 0.282 e. The lowest BCUT2D eigenvalue weighted by molar-refractivity contribution is -0.114. The minimum Gasteiger partial charge on any atom is -0.378 e. The molecule has 0 fully saturated rings. The molecule has 0 unspecified atom stereocenters. The molecule has 8 heteroatoms. The molecular weight excluding hydrogens is 484 g/mol. The van der Waals surface area contributed by atoms with Crippen LogP contribution in [0.5, 0.6) is 0 Å². The molecule has 0 saturated heterocycles. The van der Waals surface area contributed by atoms with Gasteiger partial charge in [-0.25, -0.2) is 4.98 Å². The predicted molar refractivity (Wildman–Crippen MR) is 145 cm³/mol. The van der Waals surface area contributed by atoms with Crippen molar-refractivity contribution < 1.29 is 4.79 Å². The van der Waals surface area contributed by atoms with Crippen LogP contribution < -0.4 is 9.91 Å². The normalized spacial score (nSPS) is 14.8. The first-order valence-electron chi connectivity index (χ1n) is 10.6. The van der Waals surface area contributed by atoms with Crippen molar-refractivity contribution in [3.63, 3.8) is 0 Å². The summed E-state index contributed by atoms with van der Waals surface area (Å²) < 4.78 is 1.02. The molecule has 170 valence electrons. The van der Waals surface area contributed by atoms with Gasteiger partial charge in [-0.15, -0.1) is 11.8 Å². The molecule has 0 saturated carbocycles. The number of benzene rings is 3. The third-order valence-corrected chi connectivity index (χ3v) is 7.62. The topological polar surface area (TPSA) is 48.8 Å². The molecule has 0 N–H and O–H groups in total. The van der Waals surface area contributed by atoms with E-state index in [9.17, 15) is 4.79 Å². The van der Waals surface area contributed by atoms with Gasteiger partial charge in [-0.05, 0) is 60.2 Å². The molecule has 4 aromatic rings. The summed E-state index contributed by atoms with van der Waals surface area (Å²) in [6.45, 7) is 0. The number of carbonyl (C=O) groups is 1. The molecule has 1 aromatic heterocycles. The van der Waals surface area contributed by atoms with Gasteiger partial charge in [0.15, 0.2) is 0 Å². The van der Waals surface area contributed by atoms with E-state index in [0.29, 0.717) is 21.5 Å². The number of rotatable bonds is 6. The molecule has 0 spiro atoms. The van der Waals surface area contributed by atoms with Crippen LogP contribution in [-0.2, 0) is 4.79 Å². The maximum atomic E-state index is 13.5. The number of thiazole rings is 1. The highest BCUT2D eigenvalue weighted by atomic mass is 35.5. The SMILES string of the molecule is CN(C)c1ccc(C=C2C(=O)N(c3nc4ccccc4s3)N=C2CSc2ccc(Cl)cc2)cc1. The van der Waals surface area contributed by atoms with E-state index in [1.165, 1.54) is 16.3 Å². The molecule has 34 heavy (non-hydrogen) atoms. The first-order chi connectivity index (χ1) is 16.5. The lowest BCUT2D eigenvalue weighted by atomic mass is 10.1. The number of thioether (sulfide) groups is 1. The highest BCUT2D eigenvalue weighted by Crippen LogP contribution is 2.34. The van der Waals surface area contributed by atoms with Crippen LogP contribution in [0.4, 0.5) is 10.8 Å². The van der Waals surface area contributed by atoms with Crippen molar-refractivity contribution in [2.45, 2.75) is 4.90 Å². The summed E-state index contributed by atoms with van der Waals surface area (Å²) in [6, 6.07) is 23.6. The van der Waals surface area contributed by atoms with Gasteiger partial charge in [0.05, 0.1) is 21.5 Å². The number of halogens is 1. The average molecular weight is 505 g/mol. The highest BCUT2D eigenvalue weighted by Gasteiger charge is 2.33. The molecule has 0 bridgehead atoms. The van der Waals surface area contributed by atoms with Crippen molar-refractivity contribution in [3.05, 3.63) is 89.0 Å². The van der Waals surface area contributed by atoms with Gasteiger partial charge in [-0.3, -0.25) is 4.79 Å². The number of hydrogen-bond acceptors (Lipinski definition) is 6. The number of para-hydroxylation sites is 1. The van der Waals surface area contributed by atoms with E-state index in [2.05, 4.69) is 4.98 Å². The Morgan fingerprint density at radius 1 is 1.03 bits per heavy atom. The number of carbonyl (C=O) groups excluding carboxylic acids is 1. The lowest BCUT2D eigenvalue weighted by Gasteiger charge is -2.12. The number of hydrogen-bond donors (Lipinski definition) is 0. The molecule has 1 aliphatic heterocycles. The van der Waals surface area contributed by atoms with Crippen molar-refractivity contribution >= 4 is 73.4 Å². The first-order valence-corrected chi connectivity index (χ1v) is 12.8. The Morgan fingerprint density at radius 2 is 1.76 bits per heavy atom. The summed E-state index contributed by atoms with van der Waals surface area (Å²) in [5, 5.41) is 7.42. The molecule has 1 aliphatic rings. The van der Waals surface area contributed by atoms with Gasteiger partial charge in [0.2, 0.25) is 5.13 Å². The molecule has 0 radical (unpaired) electrons. The number of hydrazone groups is 1. The van der Waals surface area contributed by atoms with Crippen LogP contribution in [0.1, 0.15) is 5.56 Å². The fraction of sp³-hybridized carbons (Fsp3) is 0.115. The van der Waals surface area contributed by atoms with Crippen molar-refractivity contribution in [2.75, 3.05) is 29.8 Å². The standard InChI is InChI=1S/C26H21ClN4OS2/c1-30(2)19-11-7-17(8-12-19)15-21-23(16-33-20-13-9-18(27)10-14-20)29-31(25(21)32)26-28-22-5-3-4-6-24(22)34-26/h3-15H,16H2,1-2H3. The Kier molecular flexibility index (Phi) is 6.41. The van der Waals surface area contributed by atoms with Crippen LogP contribution in [-0.4, -0.2) is 36.5 Å². The largest absolute Gasteiger partial charge is 0.378 e. The third kappa shape index (κ3) is 4.73. The molecule has 1 amide bonds. The van der Waals surface area contributed by atoms with E-state index in [4.69, 9.17) is 16.7 Å². The summed E-state index contributed by atoms with van der Waals surface area (Å²) in [4.78, 5) is 21.3. The van der Waals surface area contributed by atoms with Crippen LogP contribution in [0.3, 0.4) is 0 Å². The van der Waals surface area contributed by atoms with Crippen LogP contribution in [0.25, 0.3) is 16.3 Å². The van der Waals surface area contributed by atoms with Crippen molar-refractivity contribution in [1.29, 1.82) is 0 Å². The van der Waals surface area contributed by atoms with Gasteiger partial charge in [0.25, 0.3) is 5.91 Å². The highest BCUT2D eigenvalue weighted by molar-refractivity contribution is 8.00. The Balaban J connectivity index is 1.48. The zero-order valence-corrected chi connectivity index (χ0v) is 21.0. The van der Waals surface area contributed by atoms with Crippen molar-refractivity contribution in [1.82, 2.24) is 4.98 Å². The van der Waals surface area contributed by atoms with Gasteiger partial charge in [0, 0.05) is 35.5 Å². The molecular formula is C26H21ClN4OS2. The fourth-order valence-electron chi connectivity index (χ4n) is 3.51. The van der Waals surface area contributed by atoms with E-state index in [-0.39, 0.29) is 5.91 Å². The van der Waals surface area contributed by atoms with Gasteiger partial charge < -0.3 is 4.90 Å². The lowest BCUT2D eigenvalue weighted by Crippen LogP contribution is -2.21. The Hall–Kier alpha value is -3.13. The Morgan fingerprint density at radius 3 is 2.47 bits per heavy atom. The Labute approximate surface area is 211 Å². The molecule has 2 heterocycles. The summed E-state index contributed by atoms with van der Waals surface area (Å²) in [6.07, 6.45) is 1.91. The molecule has 0 atom stereocenters. The molecule has 0 aliphatic carbocycles. The summed E-state index contributed by atoms with van der Waals surface area (Å²) in [5.74, 6) is 0.388. The zero-order valence-electron chi connectivity index (χ0n) is 18.6. The van der Waals surface area contributed by atoms with Crippen LogP contribution in [0.15, 0.2) is 88.4 Å². The minimum atomic E-state index is -0.164. The van der Waals surface area contributed by atoms with Gasteiger partial charge in [-0.1, -0.05) is 47.2 Å². The van der Waals surface area contributed by atoms with Crippen LogP contribution >= 0.6 is 34.7 Å². The van der Waals surface area contributed by atoms with E-state index in [1.54, 1.807) is 11.8 Å². The quantitative estimate of drug-likeness (QED) is 0.219. The number of anilines is 2. The van der Waals surface area contributed by atoms with E-state index in [0.717, 1.165) is 32.1 Å². The number of aromatic nitrogens is 1. The van der Waals surface area contributed by atoms with Gasteiger partial charge in [-0.2, -0.15) is 10.1 Å². The van der Waals surface area contributed by atoms with Crippen molar-refractivity contribution in [3.8, 4) is 0 Å². The summed E-state index contributed by atoms with van der Waals surface area (Å²) in [7, 11) is 4.01. The molecule has 5 nitrogen and oxygen atoms in total. The first kappa shape index (κ1) is 22.7. The third-order valence-electron chi connectivity index (χ3n) is 5.33. The number of nitrogens with zero attached hydrogens (tertiary/aromatic N) is 4. The fourth-order valence-corrected chi connectivity index (χ4v) is 5.39. The average Bonchev–Trinajstić information content (AvgIpc) is 3.40. The summed E-state index contributed by atoms with van der Waals surface area (Å²) in [5.41, 5.74) is 4.21. The second-order valence-corrected chi connectivity index (χ2v) is 10.4. The van der Waals surface area contributed by atoms with E-state index >= 15 is 0 Å². The smallest absolute Gasteiger partial charge is 0.282 e. The summed E-state index contributed by atoms with van der Waals surface area (Å²) >= 11 is 9.10.